The van der Waals surface area contributed by atoms with Crippen LogP contribution in [-0.4, -0.2) is 6.21 Å². The highest BCUT2D eigenvalue weighted by atomic mass is 35.5. The van der Waals surface area contributed by atoms with E-state index in [0.717, 1.165) is 27.6 Å². The van der Waals surface area contributed by atoms with Gasteiger partial charge in [0.05, 0.1) is 5.69 Å². The van der Waals surface area contributed by atoms with Crippen LogP contribution in [-0.2, 0) is 6.61 Å². The van der Waals surface area contributed by atoms with E-state index in [-0.39, 0.29) is 0 Å². The Morgan fingerprint density at radius 3 is 2.52 bits per heavy atom. The summed E-state index contributed by atoms with van der Waals surface area (Å²) in [6.45, 7) is 4.64. The summed E-state index contributed by atoms with van der Waals surface area (Å²) in [5, 5.41) is 0.721. The van der Waals surface area contributed by atoms with Gasteiger partial charge in [0, 0.05) is 11.2 Å². The summed E-state index contributed by atoms with van der Waals surface area (Å²) < 4.78 is 5.80. The molecule has 0 radical (unpaired) electrons. The molecule has 25 heavy (non-hydrogen) atoms. The van der Waals surface area contributed by atoms with E-state index in [0.29, 0.717) is 6.61 Å². The summed E-state index contributed by atoms with van der Waals surface area (Å²) in [6.07, 6.45) is 1.88. The zero-order valence-electron chi connectivity index (χ0n) is 14.4. The SMILES string of the molecule is Cc1ccc(C)c(N=Cc2ccc(OCc3cccc(Cl)c3)cc2)c1. The lowest BCUT2D eigenvalue weighted by atomic mass is 10.1. The van der Waals surface area contributed by atoms with E-state index in [4.69, 9.17) is 16.3 Å². The van der Waals surface area contributed by atoms with Crippen LogP contribution in [0.5, 0.6) is 5.75 Å². The molecule has 0 heterocycles. The van der Waals surface area contributed by atoms with Crippen molar-refractivity contribution in [3.8, 4) is 5.75 Å². The molecular weight excluding hydrogens is 330 g/mol. The summed E-state index contributed by atoms with van der Waals surface area (Å²) in [5.41, 5.74) is 5.47. The number of nitrogens with zero attached hydrogens (tertiary/aromatic N) is 1. The van der Waals surface area contributed by atoms with Gasteiger partial charge in [-0.25, -0.2) is 0 Å². The average Bonchev–Trinajstić information content (AvgIpc) is 2.62. The molecule has 2 nitrogen and oxygen atoms in total. The number of aliphatic imine (C=N–C) groups is 1. The normalized spacial score (nSPS) is 11.0. The minimum atomic E-state index is 0.497. The monoisotopic (exact) mass is 349 g/mol. The van der Waals surface area contributed by atoms with Crippen LogP contribution in [0.2, 0.25) is 5.02 Å². The Balaban J connectivity index is 1.64. The maximum absolute atomic E-state index is 5.98. The van der Waals surface area contributed by atoms with Crippen molar-refractivity contribution in [2.24, 2.45) is 4.99 Å². The number of hydrogen-bond donors (Lipinski definition) is 0. The van der Waals surface area contributed by atoms with E-state index in [2.05, 4.69) is 37.0 Å². The van der Waals surface area contributed by atoms with Gasteiger partial charge in [-0.15, -0.1) is 0 Å². The first-order valence-corrected chi connectivity index (χ1v) is 8.56. The molecular formula is C22H20ClNO. The van der Waals surface area contributed by atoms with E-state index >= 15 is 0 Å². The van der Waals surface area contributed by atoms with Crippen LogP contribution in [0.3, 0.4) is 0 Å². The van der Waals surface area contributed by atoms with Crippen molar-refractivity contribution < 1.29 is 4.74 Å². The van der Waals surface area contributed by atoms with Crippen LogP contribution >= 0.6 is 11.6 Å². The molecule has 0 atom stereocenters. The van der Waals surface area contributed by atoms with Crippen molar-refractivity contribution in [1.29, 1.82) is 0 Å². The van der Waals surface area contributed by atoms with E-state index in [9.17, 15) is 0 Å². The topological polar surface area (TPSA) is 21.6 Å². The van der Waals surface area contributed by atoms with Crippen LogP contribution in [0.4, 0.5) is 5.69 Å². The van der Waals surface area contributed by atoms with Gasteiger partial charge in [-0.05, 0) is 78.6 Å². The summed E-state index contributed by atoms with van der Waals surface area (Å²) in [7, 11) is 0. The van der Waals surface area contributed by atoms with E-state index in [1.165, 1.54) is 11.1 Å². The predicted molar refractivity (Wildman–Crippen MR) is 105 cm³/mol. The lowest BCUT2D eigenvalue weighted by Crippen LogP contribution is -1.95. The Hall–Kier alpha value is -2.58. The minimum absolute atomic E-state index is 0.497. The molecule has 0 bridgehead atoms. The second-order valence-electron chi connectivity index (χ2n) is 6.04. The highest BCUT2D eigenvalue weighted by molar-refractivity contribution is 6.30. The molecule has 3 rings (SSSR count). The molecule has 0 saturated heterocycles. The molecule has 126 valence electrons. The third kappa shape index (κ3) is 4.94. The lowest BCUT2D eigenvalue weighted by Gasteiger charge is -2.07. The van der Waals surface area contributed by atoms with Crippen molar-refractivity contribution in [3.63, 3.8) is 0 Å². The molecule has 0 aliphatic heterocycles. The van der Waals surface area contributed by atoms with E-state index in [1.807, 2.05) is 54.7 Å². The standard InChI is InChI=1S/C22H20ClNO/c1-16-6-7-17(2)22(12-16)24-14-18-8-10-21(11-9-18)25-15-19-4-3-5-20(23)13-19/h3-14H,15H2,1-2H3. The van der Waals surface area contributed by atoms with Gasteiger partial charge in [0.25, 0.3) is 0 Å². The van der Waals surface area contributed by atoms with Crippen molar-refractivity contribution in [2.45, 2.75) is 20.5 Å². The maximum atomic E-state index is 5.98. The summed E-state index contributed by atoms with van der Waals surface area (Å²) >= 11 is 5.98. The molecule has 0 spiro atoms. The first-order valence-electron chi connectivity index (χ1n) is 8.19. The van der Waals surface area contributed by atoms with Gasteiger partial charge in [-0.2, -0.15) is 0 Å². The molecule has 0 aliphatic carbocycles. The largest absolute Gasteiger partial charge is 0.489 e. The molecule has 0 amide bonds. The van der Waals surface area contributed by atoms with Gasteiger partial charge >= 0.3 is 0 Å². The molecule has 0 saturated carbocycles. The molecule has 3 heteroatoms. The fourth-order valence-corrected chi connectivity index (χ4v) is 2.66. The number of ether oxygens (including phenoxy) is 1. The highest BCUT2D eigenvalue weighted by Gasteiger charge is 1.99. The van der Waals surface area contributed by atoms with Gasteiger partial charge in [0.2, 0.25) is 0 Å². The smallest absolute Gasteiger partial charge is 0.119 e. The van der Waals surface area contributed by atoms with Crippen LogP contribution < -0.4 is 4.74 Å². The number of benzene rings is 3. The Labute approximate surface area is 153 Å². The van der Waals surface area contributed by atoms with Crippen LogP contribution in [0.1, 0.15) is 22.3 Å². The second kappa shape index (κ2) is 8.00. The molecule has 3 aromatic carbocycles. The van der Waals surface area contributed by atoms with Crippen LogP contribution in [0.25, 0.3) is 0 Å². The zero-order chi connectivity index (χ0) is 17.6. The molecule has 0 aliphatic rings. The van der Waals surface area contributed by atoms with Gasteiger partial charge < -0.3 is 4.74 Å². The Kier molecular flexibility index (Phi) is 5.52. The highest BCUT2D eigenvalue weighted by Crippen LogP contribution is 2.20. The lowest BCUT2D eigenvalue weighted by molar-refractivity contribution is 0.306. The molecule has 0 N–H and O–H groups in total. The first kappa shape index (κ1) is 17.2. The van der Waals surface area contributed by atoms with Crippen molar-refractivity contribution >= 4 is 23.5 Å². The van der Waals surface area contributed by atoms with Crippen LogP contribution in [0.15, 0.2) is 71.7 Å². The number of halogens is 1. The molecule has 0 unspecified atom stereocenters. The number of hydrogen-bond acceptors (Lipinski definition) is 2. The molecule has 3 aromatic rings. The predicted octanol–water partition coefficient (Wildman–Crippen LogP) is 6.29. The zero-order valence-corrected chi connectivity index (χ0v) is 15.1. The molecule has 0 fully saturated rings. The Morgan fingerprint density at radius 1 is 0.960 bits per heavy atom. The summed E-state index contributed by atoms with van der Waals surface area (Å²) in [4.78, 5) is 4.59. The van der Waals surface area contributed by atoms with Gasteiger partial charge in [0.15, 0.2) is 0 Å². The first-order chi connectivity index (χ1) is 12.1. The van der Waals surface area contributed by atoms with Gasteiger partial charge in [-0.3, -0.25) is 4.99 Å². The summed E-state index contributed by atoms with van der Waals surface area (Å²) in [6, 6.07) is 21.9. The number of rotatable bonds is 5. The average molecular weight is 350 g/mol. The third-order valence-corrected chi connectivity index (χ3v) is 4.13. The van der Waals surface area contributed by atoms with E-state index in [1.54, 1.807) is 0 Å². The van der Waals surface area contributed by atoms with Gasteiger partial charge in [0.1, 0.15) is 12.4 Å². The minimum Gasteiger partial charge on any atom is -0.489 e. The maximum Gasteiger partial charge on any atom is 0.119 e. The fourth-order valence-electron chi connectivity index (χ4n) is 2.45. The van der Waals surface area contributed by atoms with Gasteiger partial charge in [-0.1, -0.05) is 35.9 Å². The Bertz CT molecular complexity index is 885. The van der Waals surface area contributed by atoms with Crippen molar-refractivity contribution in [2.75, 3.05) is 0 Å². The Morgan fingerprint density at radius 2 is 1.76 bits per heavy atom. The molecule has 0 aromatic heterocycles. The number of aryl methyl sites for hydroxylation is 2. The van der Waals surface area contributed by atoms with Crippen molar-refractivity contribution in [1.82, 2.24) is 0 Å². The third-order valence-electron chi connectivity index (χ3n) is 3.89. The summed E-state index contributed by atoms with van der Waals surface area (Å²) in [5.74, 6) is 0.823. The fraction of sp³-hybridized carbons (Fsp3) is 0.136. The quantitative estimate of drug-likeness (QED) is 0.496. The van der Waals surface area contributed by atoms with E-state index < -0.39 is 0 Å². The second-order valence-corrected chi connectivity index (χ2v) is 6.47. The van der Waals surface area contributed by atoms with Crippen molar-refractivity contribution in [3.05, 3.63) is 94.0 Å². The van der Waals surface area contributed by atoms with Crippen LogP contribution in [0, 0.1) is 13.8 Å².